The molecule has 0 aromatic heterocycles. The number of hydrogen-bond acceptors (Lipinski definition) is 3. The molecule has 9 unspecified atom stereocenters. The topological polar surface area (TPSA) is 92.4 Å². The van der Waals surface area contributed by atoms with Gasteiger partial charge in [0.15, 0.2) is 0 Å². The summed E-state index contributed by atoms with van der Waals surface area (Å²) in [5.74, 6) is 5.07. The van der Waals surface area contributed by atoms with E-state index in [1.54, 1.807) is 5.57 Å². The molecule has 234 valence electrons. The van der Waals surface area contributed by atoms with Crippen LogP contribution in [0.5, 0.6) is 0 Å². The van der Waals surface area contributed by atoms with Gasteiger partial charge in [-0.2, -0.15) is 0 Å². The molecule has 0 aromatic rings. The molecule has 3 saturated carbocycles. The van der Waals surface area contributed by atoms with Crippen LogP contribution >= 0.6 is 0 Å². The summed E-state index contributed by atoms with van der Waals surface area (Å²) >= 11 is 0. The normalized spacial score (nSPS) is 36.1. The lowest BCUT2D eigenvalue weighted by Crippen LogP contribution is -2.50. The van der Waals surface area contributed by atoms with E-state index in [0.29, 0.717) is 36.1 Å². The number of carbonyl (C=O) groups excluding carboxylic acids is 1. The first-order chi connectivity index (χ1) is 19.5. The lowest BCUT2D eigenvalue weighted by molar-refractivity contribution is -0.138. The molecule has 9 atom stereocenters. The van der Waals surface area contributed by atoms with Crippen LogP contribution in [-0.4, -0.2) is 29.6 Å². The van der Waals surface area contributed by atoms with Crippen molar-refractivity contribution in [3.63, 3.8) is 0 Å². The minimum atomic E-state index is -0.951. The molecular weight excluding hydrogens is 508 g/mol. The third-order valence-electron chi connectivity index (χ3n) is 12.8. The smallest absolute Gasteiger partial charge is 0.320 e. The highest BCUT2D eigenvalue weighted by Gasteiger charge is 2.59. The average molecular weight is 571 g/mol. The van der Waals surface area contributed by atoms with Crippen molar-refractivity contribution in [3.8, 4) is 0 Å². The summed E-state index contributed by atoms with van der Waals surface area (Å²) in [5, 5.41) is 11.9. The van der Waals surface area contributed by atoms with E-state index < -0.39 is 12.0 Å². The fourth-order valence-corrected chi connectivity index (χ4v) is 10.3. The Morgan fingerprint density at radius 2 is 1.78 bits per heavy atom. The van der Waals surface area contributed by atoms with Crippen LogP contribution < -0.4 is 11.1 Å². The lowest BCUT2D eigenvalue weighted by atomic mass is 9.46. The van der Waals surface area contributed by atoms with Gasteiger partial charge in [-0.25, -0.2) is 0 Å². The number of aliphatic carboxylic acids is 1. The summed E-state index contributed by atoms with van der Waals surface area (Å²) in [4.78, 5) is 23.3. The predicted molar refractivity (Wildman–Crippen MR) is 168 cm³/mol. The summed E-state index contributed by atoms with van der Waals surface area (Å²) in [5.41, 5.74) is 8.21. The molecule has 4 N–H and O–H groups in total. The minimum Gasteiger partial charge on any atom is -0.480 e. The number of hydrogen-bond donors (Lipinski definition) is 3. The Hall–Kier alpha value is -1.36. The Kier molecular flexibility index (Phi) is 11.1. The predicted octanol–water partition coefficient (Wildman–Crippen LogP) is 8.12. The summed E-state index contributed by atoms with van der Waals surface area (Å²) in [6, 6.07) is -0.798. The van der Waals surface area contributed by atoms with Gasteiger partial charge in [-0.15, -0.1) is 0 Å². The number of carboxylic acid groups (broad SMARTS) is 1. The first-order valence-corrected chi connectivity index (χ1v) is 17.4. The van der Waals surface area contributed by atoms with Crippen molar-refractivity contribution in [3.05, 3.63) is 11.6 Å². The summed E-state index contributed by atoms with van der Waals surface area (Å²) < 4.78 is 0. The largest absolute Gasteiger partial charge is 0.480 e. The van der Waals surface area contributed by atoms with Crippen LogP contribution in [0.25, 0.3) is 0 Å². The van der Waals surface area contributed by atoms with Crippen molar-refractivity contribution in [2.24, 2.45) is 58.0 Å². The van der Waals surface area contributed by atoms with Gasteiger partial charge in [-0.05, 0) is 129 Å². The molecule has 5 heteroatoms. The number of rotatable bonds is 14. The molecule has 0 bridgehead atoms. The number of unbranched alkanes of at least 4 members (excludes halogenated alkanes) is 1. The fraction of sp³-hybridized carbons (Fsp3) is 0.889. The van der Waals surface area contributed by atoms with Gasteiger partial charge >= 0.3 is 5.97 Å². The Balaban J connectivity index is 1.25. The first-order valence-electron chi connectivity index (χ1n) is 17.4. The number of nitrogens with one attached hydrogen (secondary N) is 1. The highest BCUT2D eigenvalue weighted by Crippen LogP contribution is 2.67. The molecule has 4 rings (SSSR count). The molecule has 5 nitrogen and oxygen atoms in total. The van der Waals surface area contributed by atoms with Crippen molar-refractivity contribution in [2.45, 2.75) is 143 Å². The zero-order valence-electron chi connectivity index (χ0n) is 27.1. The van der Waals surface area contributed by atoms with Gasteiger partial charge in [0.05, 0.1) is 0 Å². The van der Waals surface area contributed by atoms with E-state index in [1.165, 1.54) is 70.6 Å². The van der Waals surface area contributed by atoms with E-state index in [0.717, 1.165) is 54.8 Å². The number of fused-ring (bicyclic) bond motifs is 5. The van der Waals surface area contributed by atoms with Crippen molar-refractivity contribution >= 4 is 11.9 Å². The van der Waals surface area contributed by atoms with Crippen LogP contribution in [0.15, 0.2) is 11.6 Å². The molecule has 41 heavy (non-hydrogen) atoms. The quantitative estimate of drug-likeness (QED) is 0.145. The van der Waals surface area contributed by atoms with Gasteiger partial charge < -0.3 is 16.2 Å². The van der Waals surface area contributed by atoms with Crippen LogP contribution in [-0.2, 0) is 9.59 Å². The second kappa shape index (κ2) is 14.0. The van der Waals surface area contributed by atoms with Crippen LogP contribution in [0.2, 0.25) is 0 Å². The molecule has 4 aliphatic rings. The zero-order chi connectivity index (χ0) is 29.8. The van der Waals surface area contributed by atoms with Crippen LogP contribution in [0.1, 0.15) is 137 Å². The summed E-state index contributed by atoms with van der Waals surface area (Å²) in [6.07, 6.45) is 21.3. The maximum absolute atomic E-state index is 12.5. The second-order valence-corrected chi connectivity index (χ2v) is 15.7. The minimum absolute atomic E-state index is 0.138. The van der Waals surface area contributed by atoms with Crippen LogP contribution in [0.3, 0.4) is 0 Å². The molecule has 0 aliphatic heterocycles. The average Bonchev–Trinajstić information content (AvgIpc) is 3.28. The highest BCUT2D eigenvalue weighted by molar-refractivity contribution is 5.75. The molecule has 0 saturated heterocycles. The summed E-state index contributed by atoms with van der Waals surface area (Å²) in [6.45, 7) is 13.2. The van der Waals surface area contributed by atoms with E-state index in [9.17, 15) is 9.59 Å². The van der Waals surface area contributed by atoms with Crippen molar-refractivity contribution in [1.82, 2.24) is 5.32 Å². The number of carboxylic acids is 1. The first kappa shape index (κ1) is 32.6. The second-order valence-electron chi connectivity index (χ2n) is 15.7. The molecule has 0 aromatic carbocycles. The molecular formula is C36H62N2O3. The lowest BCUT2D eigenvalue weighted by Gasteiger charge is -2.58. The van der Waals surface area contributed by atoms with E-state index >= 15 is 0 Å². The van der Waals surface area contributed by atoms with Crippen molar-refractivity contribution in [2.75, 3.05) is 6.54 Å². The molecule has 0 radical (unpaired) electrons. The number of amides is 1. The monoisotopic (exact) mass is 570 g/mol. The maximum atomic E-state index is 12.5. The van der Waals surface area contributed by atoms with Crippen molar-refractivity contribution in [1.29, 1.82) is 0 Å². The molecule has 3 fully saturated rings. The van der Waals surface area contributed by atoms with E-state index in [4.69, 9.17) is 10.8 Å². The van der Waals surface area contributed by atoms with Gasteiger partial charge in [0.25, 0.3) is 0 Å². The standard InChI is InChI=1S/C36H62N2O3/c1-24(2)9-8-10-25(3)29-15-16-30-28-14-13-27-23-26(18-20-35(27,4)31(28)19-21-36(29,30)5)12-17-33(39)38-22-7-6-11-32(37)34(40)41/h13,24-26,28-32H,6-12,14-23,37H2,1-5H3,(H,38,39)(H,40,41). The Labute approximate surface area is 251 Å². The van der Waals surface area contributed by atoms with Crippen LogP contribution in [0, 0.1) is 52.3 Å². The molecule has 1 amide bonds. The van der Waals surface area contributed by atoms with E-state index in [-0.39, 0.29) is 5.91 Å². The number of carbonyl (C=O) groups is 2. The third kappa shape index (κ3) is 7.42. The molecule has 0 heterocycles. The Bertz CT molecular complexity index is 930. The van der Waals surface area contributed by atoms with Gasteiger partial charge in [-0.1, -0.05) is 65.5 Å². The fourth-order valence-electron chi connectivity index (χ4n) is 10.3. The Morgan fingerprint density at radius 3 is 2.51 bits per heavy atom. The van der Waals surface area contributed by atoms with Gasteiger partial charge in [0.2, 0.25) is 5.91 Å². The van der Waals surface area contributed by atoms with E-state index in [2.05, 4.69) is 46.0 Å². The van der Waals surface area contributed by atoms with Crippen LogP contribution in [0.4, 0.5) is 0 Å². The molecule has 4 aliphatic carbocycles. The number of nitrogens with two attached hydrogens (primary N) is 1. The zero-order valence-corrected chi connectivity index (χ0v) is 27.1. The highest BCUT2D eigenvalue weighted by atomic mass is 16.4. The maximum Gasteiger partial charge on any atom is 0.320 e. The van der Waals surface area contributed by atoms with Gasteiger partial charge in [0.1, 0.15) is 6.04 Å². The SMILES string of the molecule is CC(C)CCCC(C)C1CCC2C3CC=C4CC(CCC(=O)NCCCCC(N)C(=O)O)CCC4(C)C3CCC12C. The van der Waals surface area contributed by atoms with E-state index in [1.807, 2.05) is 0 Å². The van der Waals surface area contributed by atoms with Gasteiger partial charge in [-0.3, -0.25) is 9.59 Å². The van der Waals surface area contributed by atoms with Gasteiger partial charge in [0, 0.05) is 13.0 Å². The Morgan fingerprint density at radius 1 is 1.00 bits per heavy atom. The third-order valence-corrected chi connectivity index (χ3v) is 12.8. The van der Waals surface area contributed by atoms with Crippen molar-refractivity contribution < 1.29 is 14.7 Å². The number of allylic oxidation sites excluding steroid dienone is 2. The summed E-state index contributed by atoms with van der Waals surface area (Å²) in [7, 11) is 0. The molecule has 0 spiro atoms.